The summed E-state index contributed by atoms with van der Waals surface area (Å²) in [6.07, 6.45) is 1.09. The lowest BCUT2D eigenvalue weighted by molar-refractivity contribution is -0.149. The molecule has 1 aromatic heterocycles. The molecule has 3 rings (SSSR count). The largest absolute Gasteiger partial charge is 0.509 e. The Bertz CT molecular complexity index is 934. The fraction of sp³-hybridized carbons (Fsp3) is 0.682. The van der Waals surface area contributed by atoms with E-state index < -0.39 is 42.4 Å². The molecular formula is C22H31N3O9. The molecule has 0 aromatic carbocycles. The van der Waals surface area contributed by atoms with Gasteiger partial charge in [-0.1, -0.05) is 33.6 Å². The van der Waals surface area contributed by atoms with Crippen LogP contribution < -0.4 is 11.2 Å². The van der Waals surface area contributed by atoms with Crippen molar-refractivity contribution < 1.29 is 38.2 Å². The Balaban J connectivity index is 1.61. The Labute approximate surface area is 196 Å². The van der Waals surface area contributed by atoms with Gasteiger partial charge in [0.25, 0.3) is 0 Å². The molecule has 3 heterocycles. The standard InChI is InChI=1S/C22H31N3O9/c1-4-6-7-8-16(26)34-24-15-9-11-25(21(28)23-15)19-18-17(32-22(29)33-18)14(31-19)10-12-30-20(27)13(3)5-2/h9,11,13-14,17-19H,4-8,10,12H2,1-3H3,(H,23,24,28)/t13-,14+,17+,18+,19+/m0/s1. The Hall–Kier alpha value is -3.15. The summed E-state index contributed by atoms with van der Waals surface area (Å²) in [5.74, 6) is -0.936. The summed E-state index contributed by atoms with van der Waals surface area (Å²) in [4.78, 5) is 56.7. The van der Waals surface area contributed by atoms with Gasteiger partial charge in [0.05, 0.1) is 12.5 Å². The summed E-state index contributed by atoms with van der Waals surface area (Å²) in [5, 5.41) is 0. The molecule has 34 heavy (non-hydrogen) atoms. The van der Waals surface area contributed by atoms with E-state index in [0.717, 1.165) is 12.8 Å². The van der Waals surface area contributed by atoms with Crippen LogP contribution in [-0.4, -0.2) is 52.6 Å². The lowest BCUT2D eigenvalue weighted by Crippen LogP contribution is -2.34. The van der Waals surface area contributed by atoms with Crippen molar-refractivity contribution in [2.24, 2.45) is 5.92 Å². The van der Waals surface area contributed by atoms with Gasteiger partial charge >= 0.3 is 23.8 Å². The molecule has 12 heteroatoms. The first kappa shape index (κ1) is 25.5. The van der Waals surface area contributed by atoms with E-state index in [1.807, 2.05) is 13.8 Å². The van der Waals surface area contributed by atoms with Crippen molar-refractivity contribution in [2.75, 3.05) is 12.1 Å². The van der Waals surface area contributed by atoms with Gasteiger partial charge in [-0.25, -0.2) is 19.9 Å². The molecule has 2 saturated heterocycles. The van der Waals surface area contributed by atoms with Gasteiger partial charge in [-0.05, 0) is 12.8 Å². The van der Waals surface area contributed by atoms with E-state index in [4.69, 9.17) is 23.8 Å². The Kier molecular flexibility index (Phi) is 8.85. The summed E-state index contributed by atoms with van der Waals surface area (Å²) >= 11 is 0. The second-order valence-corrected chi connectivity index (χ2v) is 8.28. The molecule has 2 fully saturated rings. The maximum absolute atomic E-state index is 12.6. The second kappa shape index (κ2) is 11.8. The summed E-state index contributed by atoms with van der Waals surface area (Å²) in [7, 11) is 0. The van der Waals surface area contributed by atoms with Gasteiger partial charge in [-0.3, -0.25) is 9.36 Å². The highest BCUT2D eigenvalue weighted by Gasteiger charge is 2.55. The van der Waals surface area contributed by atoms with Gasteiger partial charge in [-0.15, -0.1) is 0 Å². The van der Waals surface area contributed by atoms with E-state index in [-0.39, 0.29) is 37.2 Å². The predicted octanol–water partition coefficient (Wildman–Crippen LogP) is 2.47. The summed E-state index contributed by atoms with van der Waals surface area (Å²) in [6.45, 7) is 5.77. The van der Waals surface area contributed by atoms with E-state index in [2.05, 4.69) is 10.5 Å². The minimum absolute atomic E-state index is 0.0489. The molecule has 2 aliphatic rings. The van der Waals surface area contributed by atoms with Crippen LogP contribution in [-0.2, 0) is 33.4 Å². The number of ether oxygens (including phenoxy) is 4. The lowest BCUT2D eigenvalue weighted by atomic mass is 10.1. The molecule has 0 aliphatic carbocycles. The smallest absolute Gasteiger partial charge is 0.465 e. The first-order valence-electron chi connectivity index (χ1n) is 11.6. The predicted molar refractivity (Wildman–Crippen MR) is 116 cm³/mol. The van der Waals surface area contributed by atoms with Gasteiger partial charge in [0.2, 0.25) is 0 Å². The van der Waals surface area contributed by atoms with Crippen molar-refractivity contribution in [1.29, 1.82) is 0 Å². The van der Waals surface area contributed by atoms with Crippen LogP contribution in [0.25, 0.3) is 0 Å². The lowest BCUT2D eigenvalue weighted by Gasteiger charge is -2.18. The number of carbonyl (C=O) groups is 3. The highest BCUT2D eigenvalue weighted by atomic mass is 16.8. The van der Waals surface area contributed by atoms with E-state index >= 15 is 0 Å². The third-order valence-corrected chi connectivity index (χ3v) is 5.77. The van der Waals surface area contributed by atoms with Crippen LogP contribution in [0, 0.1) is 5.92 Å². The average Bonchev–Trinajstić information content (AvgIpc) is 3.35. The van der Waals surface area contributed by atoms with Crippen molar-refractivity contribution in [2.45, 2.75) is 83.8 Å². The van der Waals surface area contributed by atoms with Gasteiger partial charge in [0.15, 0.2) is 24.3 Å². The topological polar surface area (TPSA) is 144 Å². The molecule has 12 nitrogen and oxygen atoms in total. The maximum atomic E-state index is 12.6. The molecule has 1 aromatic rings. The Morgan fingerprint density at radius 3 is 2.68 bits per heavy atom. The number of aromatic nitrogens is 2. The zero-order valence-electron chi connectivity index (χ0n) is 19.6. The van der Waals surface area contributed by atoms with Crippen LogP contribution in [0.4, 0.5) is 10.6 Å². The van der Waals surface area contributed by atoms with Gasteiger partial charge in [0.1, 0.15) is 6.10 Å². The molecule has 0 spiro atoms. The van der Waals surface area contributed by atoms with Crippen molar-refractivity contribution in [3.8, 4) is 0 Å². The minimum atomic E-state index is -0.975. The van der Waals surface area contributed by atoms with Crippen molar-refractivity contribution >= 4 is 23.9 Å². The molecule has 188 valence electrons. The van der Waals surface area contributed by atoms with E-state index in [1.165, 1.54) is 16.8 Å². The third-order valence-electron chi connectivity index (χ3n) is 5.77. The molecule has 0 radical (unpaired) electrons. The van der Waals surface area contributed by atoms with Crippen LogP contribution in [0.15, 0.2) is 17.1 Å². The number of hydrogen-bond donors (Lipinski definition) is 1. The molecule has 2 aliphatic heterocycles. The number of rotatable bonds is 12. The number of nitrogens with one attached hydrogen (secondary N) is 1. The van der Waals surface area contributed by atoms with Crippen LogP contribution in [0.3, 0.4) is 0 Å². The van der Waals surface area contributed by atoms with E-state index in [1.54, 1.807) is 6.92 Å². The molecule has 0 unspecified atom stereocenters. The molecule has 5 atom stereocenters. The zero-order valence-corrected chi connectivity index (χ0v) is 19.6. The summed E-state index contributed by atoms with van der Waals surface area (Å²) < 4.78 is 22.8. The van der Waals surface area contributed by atoms with Crippen LogP contribution in [0.1, 0.15) is 65.5 Å². The van der Waals surface area contributed by atoms with Crippen LogP contribution >= 0.6 is 0 Å². The number of nitrogens with zero attached hydrogens (tertiary/aromatic N) is 2. The Morgan fingerprint density at radius 2 is 1.97 bits per heavy atom. The van der Waals surface area contributed by atoms with Crippen LogP contribution in [0.5, 0.6) is 0 Å². The number of unbranched alkanes of at least 4 members (excludes halogenated alkanes) is 2. The third kappa shape index (κ3) is 6.25. The molecule has 0 bridgehead atoms. The van der Waals surface area contributed by atoms with Crippen molar-refractivity contribution in [1.82, 2.24) is 9.55 Å². The van der Waals surface area contributed by atoms with E-state index in [9.17, 15) is 19.2 Å². The maximum Gasteiger partial charge on any atom is 0.509 e. The van der Waals surface area contributed by atoms with Gasteiger partial charge < -0.3 is 23.8 Å². The highest BCUT2D eigenvalue weighted by molar-refractivity contribution is 5.71. The quantitative estimate of drug-likeness (QED) is 0.203. The number of carbonyl (C=O) groups excluding carboxylic acids is 3. The van der Waals surface area contributed by atoms with Gasteiger partial charge in [0, 0.05) is 25.1 Å². The highest BCUT2D eigenvalue weighted by Crippen LogP contribution is 2.38. The van der Waals surface area contributed by atoms with Crippen molar-refractivity contribution in [3.63, 3.8) is 0 Å². The fourth-order valence-corrected chi connectivity index (χ4v) is 3.61. The number of hydrogen-bond acceptors (Lipinski definition) is 11. The molecule has 0 saturated carbocycles. The fourth-order valence-electron chi connectivity index (χ4n) is 3.61. The van der Waals surface area contributed by atoms with E-state index in [0.29, 0.717) is 12.8 Å². The number of esters is 1. The normalized spacial score (nSPS) is 24.0. The van der Waals surface area contributed by atoms with Crippen LogP contribution in [0.2, 0.25) is 0 Å². The van der Waals surface area contributed by atoms with Gasteiger partial charge in [-0.2, -0.15) is 4.98 Å². The van der Waals surface area contributed by atoms with Crippen molar-refractivity contribution in [3.05, 3.63) is 22.7 Å². The minimum Gasteiger partial charge on any atom is -0.465 e. The molecule has 1 N–H and O–H groups in total. The Morgan fingerprint density at radius 1 is 1.21 bits per heavy atom. The summed E-state index contributed by atoms with van der Waals surface area (Å²) in [5.41, 5.74) is 1.67. The average molecular weight is 482 g/mol. The summed E-state index contributed by atoms with van der Waals surface area (Å²) in [6, 6.07) is 1.43. The molecular weight excluding hydrogens is 450 g/mol. The SMILES string of the molecule is CCCCCC(=O)ONc1ccn([C@@H]2O[C@H](CCOC(=O)[C@@H](C)CC)[C@H]3OC(=O)O[C@H]32)c(=O)n1. The second-order valence-electron chi connectivity index (χ2n) is 8.28. The zero-order chi connectivity index (χ0) is 24.7. The first-order chi connectivity index (χ1) is 16.3. The first-order valence-corrected chi connectivity index (χ1v) is 11.6. The number of anilines is 1. The monoisotopic (exact) mass is 481 g/mol. The molecule has 0 amide bonds. The number of fused-ring (bicyclic) bond motifs is 1.